The molecule has 3 rings (SSSR count). The van der Waals surface area contributed by atoms with Crippen LogP contribution in [0.2, 0.25) is 0 Å². The maximum atomic E-state index is 12.5. The van der Waals surface area contributed by atoms with Crippen LogP contribution in [0.3, 0.4) is 0 Å². The quantitative estimate of drug-likeness (QED) is 0.879. The van der Waals surface area contributed by atoms with Crippen molar-refractivity contribution in [2.45, 2.75) is 57.8 Å². The first-order chi connectivity index (χ1) is 12.4. The van der Waals surface area contributed by atoms with Crippen molar-refractivity contribution < 1.29 is 14.3 Å². The molecule has 2 aliphatic heterocycles. The minimum absolute atomic E-state index is 0.0110. The van der Waals surface area contributed by atoms with Crippen molar-refractivity contribution in [2.75, 3.05) is 27.2 Å². The Balaban J connectivity index is 1.62. The van der Waals surface area contributed by atoms with Crippen molar-refractivity contribution in [3.05, 3.63) is 17.5 Å². The van der Waals surface area contributed by atoms with Crippen molar-refractivity contribution in [1.82, 2.24) is 24.9 Å². The van der Waals surface area contributed by atoms with Gasteiger partial charge in [-0.15, -0.1) is 0 Å². The fourth-order valence-electron chi connectivity index (χ4n) is 3.53. The summed E-state index contributed by atoms with van der Waals surface area (Å²) in [5.74, 6) is -0.0789. The average molecular weight is 363 g/mol. The summed E-state index contributed by atoms with van der Waals surface area (Å²) in [5, 5.41) is 7.56. The Morgan fingerprint density at radius 2 is 2.12 bits per heavy atom. The molecule has 3 amide bonds. The van der Waals surface area contributed by atoms with Crippen molar-refractivity contribution in [1.29, 1.82) is 0 Å². The zero-order chi connectivity index (χ0) is 18.7. The zero-order valence-electron chi connectivity index (χ0n) is 16.0. The number of carbonyl (C=O) groups is 2. The molecule has 1 atom stereocenters. The monoisotopic (exact) mass is 363 g/mol. The Morgan fingerprint density at radius 3 is 2.81 bits per heavy atom. The van der Waals surface area contributed by atoms with E-state index in [1.54, 1.807) is 19.0 Å². The summed E-state index contributed by atoms with van der Waals surface area (Å²) in [4.78, 5) is 28.2. The average Bonchev–Trinajstić information content (AvgIpc) is 2.89. The van der Waals surface area contributed by atoms with Crippen LogP contribution in [0, 0.1) is 0 Å². The van der Waals surface area contributed by atoms with Crippen LogP contribution in [0.4, 0.5) is 4.79 Å². The first-order valence-corrected chi connectivity index (χ1v) is 9.33. The molecular formula is C18H29N5O3. The standard InChI is InChI=1S/C18H29N5O3/c1-18(7-4-5-10-26-18)16(24)19-12-14-11-15-13-22(17(25)21(2)3)8-6-9-23(15)20-14/h11H,4-10,12-13H2,1-3H3,(H,19,24)/t18-/m0/s1. The molecule has 8 heteroatoms. The Bertz CT molecular complexity index is 664. The minimum atomic E-state index is -0.732. The first kappa shape index (κ1) is 18.7. The molecule has 0 unspecified atom stereocenters. The number of amides is 3. The van der Waals surface area contributed by atoms with Crippen molar-refractivity contribution in [3.63, 3.8) is 0 Å². The second-order valence-electron chi connectivity index (χ2n) is 7.52. The highest BCUT2D eigenvalue weighted by atomic mass is 16.5. The topological polar surface area (TPSA) is 79.7 Å². The fraction of sp³-hybridized carbons (Fsp3) is 0.722. The number of hydrogen-bond acceptors (Lipinski definition) is 4. The maximum absolute atomic E-state index is 12.5. The summed E-state index contributed by atoms with van der Waals surface area (Å²) in [6.07, 6.45) is 3.64. The molecule has 0 aromatic carbocycles. The molecule has 144 valence electrons. The van der Waals surface area contributed by atoms with E-state index in [9.17, 15) is 9.59 Å². The molecule has 0 bridgehead atoms. The molecule has 1 aromatic rings. The number of aromatic nitrogens is 2. The van der Waals surface area contributed by atoms with E-state index in [0.29, 0.717) is 19.7 Å². The van der Waals surface area contributed by atoms with Gasteiger partial charge in [-0.05, 0) is 38.7 Å². The summed E-state index contributed by atoms with van der Waals surface area (Å²) in [5.41, 5.74) is 1.08. The molecule has 0 saturated carbocycles. The van der Waals surface area contributed by atoms with Gasteiger partial charge in [-0.25, -0.2) is 4.79 Å². The molecule has 1 fully saturated rings. The third-order valence-corrected chi connectivity index (χ3v) is 5.10. The third-order valence-electron chi connectivity index (χ3n) is 5.10. The molecule has 0 spiro atoms. The zero-order valence-corrected chi connectivity index (χ0v) is 16.0. The van der Waals surface area contributed by atoms with E-state index in [-0.39, 0.29) is 11.9 Å². The van der Waals surface area contributed by atoms with Gasteiger partial charge in [-0.2, -0.15) is 5.10 Å². The molecule has 8 nitrogen and oxygen atoms in total. The van der Waals surface area contributed by atoms with Gasteiger partial charge in [-0.1, -0.05) is 0 Å². The van der Waals surface area contributed by atoms with E-state index in [4.69, 9.17) is 4.74 Å². The summed E-state index contributed by atoms with van der Waals surface area (Å²) in [6, 6.07) is 1.99. The first-order valence-electron chi connectivity index (χ1n) is 9.33. The number of urea groups is 1. The number of aryl methyl sites for hydroxylation is 1. The van der Waals surface area contributed by atoms with Crippen molar-refractivity contribution >= 4 is 11.9 Å². The molecule has 0 radical (unpaired) electrons. The van der Waals surface area contributed by atoms with Crippen LogP contribution in [0.25, 0.3) is 0 Å². The molecule has 3 heterocycles. The highest BCUT2D eigenvalue weighted by Crippen LogP contribution is 2.24. The SMILES string of the molecule is CN(C)C(=O)N1CCCn2nc(CNC(=O)[C@]3(C)CCCCO3)cc2C1. The lowest BCUT2D eigenvalue weighted by molar-refractivity contribution is -0.150. The lowest BCUT2D eigenvalue weighted by Crippen LogP contribution is -2.48. The molecule has 1 N–H and O–H groups in total. The molecule has 0 aliphatic carbocycles. The van der Waals surface area contributed by atoms with Crippen LogP contribution in [0.15, 0.2) is 6.07 Å². The molecule has 2 aliphatic rings. The number of ether oxygens (including phenoxy) is 1. The van der Waals surface area contributed by atoms with Crippen LogP contribution in [0.1, 0.15) is 44.0 Å². The van der Waals surface area contributed by atoms with E-state index < -0.39 is 5.60 Å². The predicted octanol–water partition coefficient (Wildman–Crippen LogP) is 1.35. The van der Waals surface area contributed by atoms with E-state index >= 15 is 0 Å². The predicted molar refractivity (Wildman–Crippen MR) is 96.4 cm³/mol. The Kier molecular flexibility index (Phi) is 5.50. The van der Waals surface area contributed by atoms with Crippen LogP contribution >= 0.6 is 0 Å². The molecule has 1 aromatic heterocycles. The van der Waals surface area contributed by atoms with Gasteiger partial charge in [0.25, 0.3) is 5.91 Å². The van der Waals surface area contributed by atoms with Crippen LogP contribution < -0.4 is 5.32 Å². The Hall–Kier alpha value is -2.09. The lowest BCUT2D eigenvalue weighted by Gasteiger charge is -2.32. The van der Waals surface area contributed by atoms with E-state index in [1.165, 1.54) is 0 Å². The van der Waals surface area contributed by atoms with Gasteiger partial charge >= 0.3 is 6.03 Å². The molecule has 1 saturated heterocycles. The Morgan fingerprint density at radius 1 is 1.31 bits per heavy atom. The van der Waals surface area contributed by atoms with Crippen molar-refractivity contribution in [3.8, 4) is 0 Å². The van der Waals surface area contributed by atoms with Gasteiger partial charge in [0.15, 0.2) is 0 Å². The second-order valence-corrected chi connectivity index (χ2v) is 7.52. The van der Waals surface area contributed by atoms with Crippen molar-refractivity contribution in [2.24, 2.45) is 0 Å². The van der Waals surface area contributed by atoms with Gasteiger partial charge in [-0.3, -0.25) is 9.48 Å². The summed E-state index contributed by atoms with van der Waals surface area (Å²) >= 11 is 0. The van der Waals surface area contributed by atoms with E-state index in [1.807, 2.05) is 22.6 Å². The fourth-order valence-corrected chi connectivity index (χ4v) is 3.53. The number of rotatable bonds is 3. The Labute approximate surface area is 154 Å². The highest BCUT2D eigenvalue weighted by molar-refractivity contribution is 5.84. The summed E-state index contributed by atoms with van der Waals surface area (Å²) in [7, 11) is 3.53. The highest BCUT2D eigenvalue weighted by Gasteiger charge is 2.35. The normalized spacial score (nSPS) is 23.1. The van der Waals surface area contributed by atoms with Crippen LogP contribution in [-0.4, -0.2) is 64.4 Å². The van der Waals surface area contributed by atoms with Gasteiger partial charge < -0.3 is 19.9 Å². The van der Waals surface area contributed by atoms with Gasteiger partial charge in [0.1, 0.15) is 5.60 Å². The number of fused-ring (bicyclic) bond motifs is 1. The number of nitrogens with zero attached hydrogens (tertiary/aromatic N) is 4. The maximum Gasteiger partial charge on any atom is 0.319 e. The third kappa shape index (κ3) is 4.00. The molecular weight excluding hydrogens is 334 g/mol. The lowest BCUT2D eigenvalue weighted by atomic mass is 9.95. The smallest absolute Gasteiger partial charge is 0.319 e. The largest absolute Gasteiger partial charge is 0.365 e. The summed E-state index contributed by atoms with van der Waals surface area (Å²) < 4.78 is 7.64. The van der Waals surface area contributed by atoms with E-state index in [0.717, 1.165) is 50.2 Å². The van der Waals surface area contributed by atoms with E-state index in [2.05, 4.69) is 10.4 Å². The number of nitrogens with one attached hydrogen (secondary N) is 1. The van der Waals surface area contributed by atoms with Gasteiger partial charge in [0.2, 0.25) is 0 Å². The van der Waals surface area contributed by atoms with Gasteiger partial charge in [0.05, 0.1) is 24.5 Å². The second kappa shape index (κ2) is 7.65. The van der Waals surface area contributed by atoms with Gasteiger partial charge in [0, 0.05) is 33.8 Å². The van der Waals surface area contributed by atoms with Crippen LogP contribution in [0.5, 0.6) is 0 Å². The summed E-state index contributed by atoms with van der Waals surface area (Å²) in [6.45, 7) is 4.91. The minimum Gasteiger partial charge on any atom is -0.365 e. The number of hydrogen-bond donors (Lipinski definition) is 1. The number of carbonyl (C=O) groups excluding carboxylic acids is 2. The van der Waals surface area contributed by atoms with Crippen LogP contribution in [-0.2, 0) is 29.2 Å². The molecule has 26 heavy (non-hydrogen) atoms.